The van der Waals surface area contributed by atoms with E-state index in [-0.39, 0.29) is 17.9 Å². The zero-order chi connectivity index (χ0) is 20.1. The van der Waals surface area contributed by atoms with E-state index in [1.54, 1.807) is 0 Å². The topological polar surface area (TPSA) is 81.3 Å². The number of aryl methyl sites for hydroxylation is 1. The molecule has 0 unspecified atom stereocenters. The van der Waals surface area contributed by atoms with Gasteiger partial charge in [0.05, 0.1) is 0 Å². The van der Waals surface area contributed by atoms with E-state index in [1.807, 2.05) is 48.7 Å². The van der Waals surface area contributed by atoms with Gasteiger partial charge in [-0.2, -0.15) is 9.50 Å². The molecule has 2 aromatic heterocycles. The summed E-state index contributed by atoms with van der Waals surface area (Å²) in [6.07, 6.45) is 2.67. The number of aromatic nitrogens is 4. The number of fused-ring (bicyclic) bond motifs is 1. The van der Waals surface area contributed by atoms with Gasteiger partial charge in [0.2, 0.25) is 11.7 Å². The van der Waals surface area contributed by atoms with Crippen LogP contribution in [0.1, 0.15) is 44.4 Å². The molecule has 0 atom stereocenters. The number of hydrogen-bond acceptors (Lipinski definition) is 4. The van der Waals surface area contributed by atoms with Gasteiger partial charge in [-0.25, -0.2) is 0 Å². The molecule has 0 radical (unpaired) electrons. The van der Waals surface area contributed by atoms with Crippen molar-refractivity contribution in [2.75, 3.05) is 6.54 Å². The maximum atomic E-state index is 13.1. The molecule has 0 spiro atoms. The first-order chi connectivity index (χ1) is 13.6. The highest BCUT2D eigenvalue weighted by Gasteiger charge is 2.18. The van der Waals surface area contributed by atoms with Crippen LogP contribution in [0.4, 0.5) is 0 Å². The molecule has 0 saturated carbocycles. The summed E-state index contributed by atoms with van der Waals surface area (Å²) < 4.78 is 3.34. The highest BCUT2D eigenvalue weighted by molar-refractivity contribution is 5.76. The predicted octanol–water partition coefficient (Wildman–Crippen LogP) is 2.74. The van der Waals surface area contributed by atoms with Gasteiger partial charge in [0.15, 0.2) is 5.82 Å². The quantitative estimate of drug-likeness (QED) is 0.608. The third-order valence-corrected chi connectivity index (χ3v) is 4.93. The van der Waals surface area contributed by atoms with E-state index in [0.29, 0.717) is 36.7 Å². The Morgan fingerprint density at radius 3 is 2.61 bits per heavy atom. The van der Waals surface area contributed by atoms with Crippen LogP contribution in [0.15, 0.2) is 35.1 Å². The summed E-state index contributed by atoms with van der Waals surface area (Å²) in [7, 11) is 0. The highest BCUT2D eigenvalue weighted by Crippen LogP contribution is 2.17. The zero-order valence-corrected chi connectivity index (χ0v) is 16.7. The SMILES string of the molecule is CCCCNC(=O)CCc1c(C)n(CC)c2nc(-c3ccccc3)nn2c1=O. The molecule has 0 aliphatic rings. The number of amides is 1. The second-order valence-corrected chi connectivity index (χ2v) is 6.83. The van der Waals surface area contributed by atoms with Crippen LogP contribution in [0.5, 0.6) is 0 Å². The van der Waals surface area contributed by atoms with Crippen LogP contribution < -0.4 is 10.9 Å². The van der Waals surface area contributed by atoms with Crippen molar-refractivity contribution in [3.05, 3.63) is 51.9 Å². The van der Waals surface area contributed by atoms with E-state index in [9.17, 15) is 9.59 Å². The molecule has 0 bridgehead atoms. The van der Waals surface area contributed by atoms with Crippen molar-refractivity contribution in [2.24, 2.45) is 0 Å². The number of rotatable bonds is 8. The third-order valence-electron chi connectivity index (χ3n) is 4.93. The lowest BCUT2D eigenvalue weighted by atomic mass is 10.1. The van der Waals surface area contributed by atoms with Gasteiger partial charge < -0.3 is 9.88 Å². The molecule has 148 valence electrons. The molecule has 2 heterocycles. The maximum Gasteiger partial charge on any atom is 0.279 e. The lowest BCUT2D eigenvalue weighted by Crippen LogP contribution is -2.29. The van der Waals surface area contributed by atoms with Crippen LogP contribution in [0.25, 0.3) is 17.2 Å². The summed E-state index contributed by atoms with van der Waals surface area (Å²) in [5, 5.41) is 7.35. The summed E-state index contributed by atoms with van der Waals surface area (Å²) in [6.45, 7) is 7.34. The van der Waals surface area contributed by atoms with Crippen LogP contribution in [-0.4, -0.2) is 31.6 Å². The average Bonchev–Trinajstić information content (AvgIpc) is 3.14. The maximum absolute atomic E-state index is 13.1. The first-order valence-electron chi connectivity index (χ1n) is 9.88. The summed E-state index contributed by atoms with van der Waals surface area (Å²) in [6, 6.07) is 9.61. The fraction of sp³-hybridized carbons (Fsp3) is 0.429. The van der Waals surface area contributed by atoms with Crippen LogP contribution in [0.3, 0.4) is 0 Å². The van der Waals surface area contributed by atoms with Gasteiger partial charge in [0.1, 0.15) is 0 Å². The first kappa shape index (κ1) is 19.8. The van der Waals surface area contributed by atoms with Crippen LogP contribution in [0.2, 0.25) is 0 Å². The lowest BCUT2D eigenvalue weighted by molar-refractivity contribution is -0.121. The van der Waals surface area contributed by atoms with E-state index in [1.165, 1.54) is 4.52 Å². The van der Waals surface area contributed by atoms with Gasteiger partial charge in [-0.1, -0.05) is 43.7 Å². The third kappa shape index (κ3) is 3.98. The molecule has 0 saturated heterocycles. The molecule has 7 nitrogen and oxygen atoms in total. The Morgan fingerprint density at radius 2 is 1.93 bits per heavy atom. The molecular formula is C21H27N5O2. The van der Waals surface area contributed by atoms with Gasteiger partial charge in [0, 0.05) is 36.3 Å². The second-order valence-electron chi connectivity index (χ2n) is 6.83. The second kappa shape index (κ2) is 8.82. The van der Waals surface area contributed by atoms with Crippen molar-refractivity contribution >= 4 is 11.7 Å². The van der Waals surface area contributed by atoms with Gasteiger partial charge in [-0.05, 0) is 26.7 Å². The molecule has 28 heavy (non-hydrogen) atoms. The number of carbonyl (C=O) groups is 1. The van der Waals surface area contributed by atoms with Crippen LogP contribution in [-0.2, 0) is 17.8 Å². The van der Waals surface area contributed by atoms with E-state index in [0.717, 1.165) is 24.1 Å². The number of unbranched alkanes of at least 4 members (excludes halogenated alkanes) is 1. The number of nitrogens with zero attached hydrogens (tertiary/aromatic N) is 4. The van der Waals surface area contributed by atoms with Crippen molar-refractivity contribution < 1.29 is 4.79 Å². The Hall–Kier alpha value is -2.96. The summed E-state index contributed by atoms with van der Waals surface area (Å²) in [4.78, 5) is 29.7. The highest BCUT2D eigenvalue weighted by atomic mass is 16.1. The van der Waals surface area contributed by atoms with Crippen molar-refractivity contribution in [3.8, 4) is 11.4 Å². The summed E-state index contributed by atoms with van der Waals surface area (Å²) >= 11 is 0. The fourth-order valence-corrected chi connectivity index (χ4v) is 3.32. The molecular weight excluding hydrogens is 354 g/mol. The Morgan fingerprint density at radius 1 is 1.18 bits per heavy atom. The number of nitrogens with one attached hydrogen (secondary N) is 1. The molecule has 7 heteroatoms. The Kier molecular flexibility index (Phi) is 6.23. The van der Waals surface area contributed by atoms with Crippen LogP contribution >= 0.6 is 0 Å². The van der Waals surface area contributed by atoms with Crippen molar-refractivity contribution in [1.82, 2.24) is 24.5 Å². The van der Waals surface area contributed by atoms with Crippen LogP contribution in [0, 0.1) is 6.92 Å². The van der Waals surface area contributed by atoms with E-state index in [2.05, 4.69) is 22.3 Å². The summed E-state index contributed by atoms with van der Waals surface area (Å²) in [5.74, 6) is 1.02. The number of benzene rings is 1. The van der Waals surface area contributed by atoms with Crippen molar-refractivity contribution in [2.45, 2.75) is 53.0 Å². The van der Waals surface area contributed by atoms with E-state index in [4.69, 9.17) is 0 Å². The van der Waals surface area contributed by atoms with Crippen molar-refractivity contribution in [3.63, 3.8) is 0 Å². The molecule has 1 aromatic carbocycles. The monoisotopic (exact) mass is 381 g/mol. The lowest BCUT2D eigenvalue weighted by Gasteiger charge is -2.13. The Labute approximate surface area is 164 Å². The minimum atomic E-state index is -0.201. The van der Waals surface area contributed by atoms with Crippen molar-refractivity contribution in [1.29, 1.82) is 0 Å². The van der Waals surface area contributed by atoms with Gasteiger partial charge >= 0.3 is 0 Å². The molecule has 3 rings (SSSR count). The van der Waals surface area contributed by atoms with E-state index < -0.39 is 0 Å². The average molecular weight is 381 g/mol. The molecule has 1 amide bonds. The Balaban J connectivity index is 1.95. The summed E-state index contributed by atoms with van der Waals surface area (Å²) in [5.41, 5.74) is 2.12. The number of hydrogen-bond donors (Lipinski definition) is 1. The van der Waals surface area contributed by atoms with Gasteiger partial charge in [0.25, 0.3) is 5.56 Å². The minimum Gasteiger partial charge on any atom is -0.356 e. The largest absolute Gasteiger partial charge is 0.356 e. The smallest absolute Gasteiger partial charge is 0.279 e. The molecule has 3 aromatic rings. The normalized spacial score (nSPS) is 11.1. The fourth-order valence-electron chi connectivity index (χ4n) is 3.32. The standard InChI is InChI=1S/C21H27N5O2/c1-4-6-14-22-18(27)13-12-17-15(3)25(5-2)21-23-19(24-26(21)20(17)28)16-10-8-7-9-11-16/h7-11H,4-6,12-14H2,1-3H3,(H,22,27). The zero-order valence-electron chi connectivity index (χ0n) is 16.7. The van der Waals surface area contributed by atoms with Gasteiger partial charge in [-0.3, -0.25) is 9.59 Å². The minimum absolute atomic E-state index is 0.0287. The molecule has 0 aliphatic carbocycles. The molecule has 0 aliphatic heterocycles. The number of carbonyl (C=O) groups excluding carboxylic acids is 1. The first-order valence-corrected chi connectivity index (χ1v) is 9.88. The van der Waals surface area contributed by atoms with E-state index >= 15 is 0 Å². The Bertz CT molecular complexity index is 1020. The predicted molar refractivity (Wildman–Crippen MR) is 109 cm³/mol. The molecule has 1 N–H and O–H groups in total. The van der Waals surface area contributed by atoms with Gasteiger partial charge in [-0.15, -0.1) is 5.10 Å². The molecule has 0 fully saturated rings.